The summed E-state index contributed by atoms with van der Waals surface area (Å²) in [5.74, 6) is 0.731. The SMILES string of the molecule is CCCN(CC(=O)N1CCCCC1c1nc(-c2ccc(Cl)cc2)no1)C(C)=O. The molecule has 1 unspecified atom stereocenters. The molecule has 2 aromatic rings. The highest BCUT2D eigenvalue weighted by Crippen LogP contribution is 2.31. The molecule has 0 saturated carbocycles. The first-order valence-electron chi connectivity index (χ1n) is 9.64. The van der Waals surface area contributed by atoms with E-state index in [1.165, 1.54) is 6.92 Å². The van der Waals surface area contributed by atoms with E-state index in [4.69, 9.17) is 16.1 Å². The van der Waals surface area contributed by atoms with Crippen molar-refractivity contribution in [3.05, 3.63) is 35.2 Å². The zero-order chi connectivity index (χ0) is 20.1. The van der Waals surface area contributed by atoms with Gasteiger partial charge in [0.05, 0.1) is 6.54 Å². The Hall–Kier alpha value is -2.41. The molecule has 0 aliphatic carbocycles. The average Bonchev–Trinajstić information content (AvgIpc) is 3.18. The van der Waals surface area contributed by atoms with E-state index in [0.717, 1.165) is 31.2 Å². The number of amides is 2. The van der Waals surface area contributed by atoms with Crippen molar-refractivity contribution in [3.63, 3.8) is 0 Å². The number of halogens is 1. The van der Waals surface area contributed by atoms with Gasteiger partial charge < -0.3 is 14.3 Å². The number of carbonyl (C=O) groups excluding carboxylic acids is 2. The van der Waals surface area contributed by atoms with Gasteiger partial charge >= 0.3 is 0 Å². The first kappa shape index (κ1) is 20.3. The largest absolute Gasteiger partial charge is 0.337 e. The molecule has 150 valence electrons. The lowest BCUT2D eigenvalue weighted by atomic mass is 10.0. The van der Waals surface area contributed by atoms with E-state index in [0.29, 0.717) is 29.8 Å². The highest BCUT2D eigenvalue weighted by Gasteiger charge is 2.33. The van der Waals surface area contributed by atoms with Crippen molar-refractivity contribution < 1.29 is 14.1 Å². The molecule has 2 heterocycles. The van der Waals surface area contributed by atoms with Crippen LogP contribution in [0.1, 0.15) is 51.5 Å². The summed E-state index contributed by atoms with van der Waals surface area (Å²) in [5, 5.41) is 4.71. The second-order valence-corrected chi connectivity index (χ2v) is 7.44. The monoisotopic (exact) mass is 404 g/mol. The summed E-state index contributed by atoms with van der Waals surface area (Å²) in [4.78, 5) is 32.6. The fourth-order valence-corrected chi connectivity index (χ4v) is 3.57. The minimum Gasteiger partial charge on any atom is -0.337 e. The first-order valence-corrected chi connectivity index (χ1v) is 10.0. The molecule has 1 aromatic heterocycles. The van der Waals surface area contributed by atoms with Crippen molar-refractivity contribution in [1.82, 2.24) is 19.9 Å². The molecule has 1 saturated heterocycles. The van der Waals surface area contributed by atoms with Crippen molar-refractivity contribution in [2.24, 2.45) is 0 Å². The van der Waals surface area contributed by atoms with Crippen LogP contribution in [0.4, 0.5) is 0 Å². The molecule has 0 N–H and O–H groups in total. The average molecular weight is 405 g/mol. The third kappa shape index (κ3) is 4.70. The van der Waals surface area contributed by atoms with Crippen LogP contribution in [0, 0.1) is 0 Å². The number of aromatic nitrogens is 2. The molecule has 3 rings (SSSR count). The van der Waals surface area contributed by atoms with Crippen molar-refractivity contribution in [3.8, 4) is 11.4 Å². The third-order valence-electron chi connectivity index (χ3n) is 4.92. The summed E-state index contributed by atoms with van der Waals surface area (Å²) >= 11 is 5.93. The van der Waals surface area contributed by atoms with E-state index in [9.17, 15) is 9.59 Å². The van der Waals surface area contributed by atoms with Crippen molar-refractivity contribution in [2.75, 3.05) is 19.6 Å². The molecule has 1 aromatic carbocycles. The van der Waals surface area contributed by atoms with E-state index in [1.54, 1.807) is 21.9 Å². The number of likely N-dealkylation sites (tertiary alicyclic amines) is 1. The maximum Gasteiger partial charge on any atom is 0.249 e. The molecule has 1 aliphatic heterocycles. The molecule has 1 atom stereocenters. The molecular formula is C20H25ClN4O3. The summed E-state index contributed by atoms with van der Waals surface area (Å²) in [5.41, 5.74) is 0.804. The Kier molecular flexibility index (Phi) is 6.67. The van der Waals surface area contributed by atoms with Gasteiger partial charge in [-0.05, 0) is 49.9 Å². The summed E-state index contributed by atoms with van der Waals surface area (Å²) in [6.07, 6.45) is 3.49. The van der Waals surface area contributed by atoms with Gasteiger partial charge in [-0.2, -0.15) is 4.98 Å². The maximum atomic E-state index is 12.9. The Labute approximate surface area is 169 Å². The Bertz CT molecular complexity index is 821. The standard InChI is InChI=1S/C20H25ClN4O3/c1-3-11-24(14(2)26)13-18(27)25-12-5-4-6-17(25)20-22-19(23-28-20)15-7-9-16(21)10-8-15/h7-10,17H,3-6,11-13H2,1-2H3. The van der Waals surface area contributed by atoms with Crippen molar-refractivity contribution in [2.45, 2.75) is 45.6 Å². The zero-order valence-corrected chi connectivity index (χ0v) is 17.0. The molecule has 0 bridgehead atoms. The van der Waals surface area contributed by atoms with Crippen molar-refractivity contribution >= 4 is 23.4 Å². The summed E-state index contributed by atoms with van der Waals surface area (Å²) in [6.45, 7) is 4.76. The predicted molar refractivity (Wildman–Crippen MR) is 106 cm³/mol. The van der Waals surface area contributed by atoms with Crippen LogP contribution < -0.4 is 0 Å². The van der Waals surface area contributed by atoms with Gasteiger partial charge in [0.15, 0.2) is 0 Å². The Morgan fingerprint density at radius 3 is 2.71 bits per heavy atom. The number of benzene rings is 1. The fraction of sp³-hybridized carbons (Fsp3) is 0.500. The Morgan fingerprint density at radius 1 is 1.29 bits per heavy atom. The maximum absolute atomic E-state index is 12.9. The Balaban J connectivity index is 1.77. The smallest absolute Gasteiger partial charge is 0.249 e. The second-order valence-electron chi connectivity index (χ2n) is 7.00. The van der Waals surface area contributed by atoms with Crippen LogP contribution in [0.2, 0.25) is 5.02 Å². The fourth-order valence-electron chi connectivity index (χ4n) is 3.45. The number of rotatable bonds is 6. The van der Waals surface area contributed by atoms with Crippen LogP contribution >= 0.6 is 11.6 Å². The molecule has 8 heteroatoms. The van der Waals surface area contributed by atoms with Crippen LogP contribution in [0.15, 0.2) is 28.8 Å². The van der Waals surface area contributed by atoms with Crippen LogP contribution in [0.5, 0.6) is 0 Å². The van der Waals surface area contributed by atoms with E-state index >= 15 is 0 Å². The molecule has 0 radical (unpaired) electrons. The van der Waals surface area contributed by atoms with Gasteiger partial charge in [-0.1, -0.05) is 23.7 Å². The molecule has 7 nitrogen and oxygen atoms in total. The molecule has 2 amide bonds. The normalized spacial score (nSPS) is 16.8. The van der Waals surface area contributed by atoms with Crippen LogP contribution in [-0.2, 0) is 9.59 Å². The molecule has 1 aliphatic rings. The van der Waals surface area contributed by atoms with Gasteiger partial charge in [-0.15, -0.1) is 0 Å². The van der Waals surface area contributed by atoms with E-state index in [1.807, 2.05) is 19.1 Å². The van der Waals surface area contributed by atoms with Crippen LogP contribution in [-0.4, -0.2) is 51.4 Å². The molecule has 28 heavy (non-hydrogen) atoms. The Morgan fingerprint density at radius 2 is 2.04 bits per heavy atom. The zero-order valence-electron chi connectivity index (χ0n) is 16.2. The van der Waals surface area contributed by atoms with Crippen LogP contribution in [0.25, 0.3) is 11.4 Å². The molecule has 0 spiro atoms. The summed E-state index contributed by atoms with van der Waals surface area (Å²) in [6, 6.07) is 6.94. The predicted octanol–water partition coefficient (Wildman–Crippen LogP) is 3.70. The first-order chi connectivity index (χ1) is 13.5. The quantitative estimate of drug-likeness (QED) is 0.733. The van der Waals surface area contributed by atoms with E-state index < -0.39 is 0 Å². The highest BCUT2D eigenvalue weighted by atomic mass is 35.5. The lowest BCUT2D eigenvalue weighted by Crippen LogP contribution is -2.45. The number of hydrogen-bond acceptors (Lipinski definition) is 5. The topological polar surface area (TPSA) is 79.5 Å². The number of nitrogens with zero attached hydrogens (tertiary/aromatic N) is 4. The number of carbonyl (C=O) groups is 2. The molecule has 1 fully saturated rings. The number of hydrogen-bond donors (Lipinski definition) is 0. The van der Waals surface area contributed by atoms with Gasteiger partial charge in [0, 0.05) is 30.6 Å². The minimum atomic E-state index is -0.259. The number of piperidine rings is 1. The van der Waals surface area contributed by atoms with Gasteiger partial charge in [-0.25, -0.2) is 0 Å². The van der Waals surface area contributed by atoms with E-state index in [-0.39, 0.29) is 24.4 Å². The minimum absolute atomic E-state index is 0.0812. The van der Waals surface area contributed by atoms with Gasteiger partial charge in [0.1, 0.15) is 6.04 Å². The second kappa shape index (κ2) is 9.19. The summed E-state index contributed by atoms with van der Waals surface area (Å²) in [7, 11) is 0. The third-order valence-corrected chi connectivity index (χ3v) is 5.17. The lowest BCUT2D eigenvalue weighted by Gasteiger charge is -2.35. The van der Waals surface area contributed by atoms with Gasteiger partial charge in [-0.3, -0.25) is 9.59 Å². The van der Waals surface area contributed by atoms with Crippen molar-refractivity contribution in [1.29, 1.82) is 0 Å². The van der Waals surface area contributed by atoms with E-state index in [2.05, 4.69) is 10.1 Å². The van der Waals surface area contributed by atoms with Gasteiger partial charge in [0.2, 0.25) is 23.5 Å². The highest BCUT2D eigenvalue weighted by molar-refractivity contribution is 6.30. The van der Waals surface area contributed by atoms with Gasteiger partial charge in [0.25, 0.3) is 0 Å². The lowest BCUT2D eigenvalue weighted by molar-refractivity contribution is -0.142. The summed E-state index contributed by atoms with van der Waals surface area (Å²) < 4.78 is 5.50. The molecular weight excluding hydrogens is 380 g/mol. The van der Waals surface area contributed by atoms with Crippen LogP contribution in [0.3, 0.4) is 0 Å².